The molecule has 7 nitrogen and oxygen atoms in total. The van der Waals surface area contributed by atoms with Crippen LogP contribution in [0.15, 0.2) is 96.5 Å². The van der Waals surface area contributed by atoms with Crippen LogP contribution in [0.3, 0.4) is 0 Å². The summed E-state index contributed by atoms with van der Waals surface area (Å²) in [7, 11) is 0. The van der Waals surface area contributed by atoms with E-state index in [1.54, 1.807) is 24.8 Å². The lowest BCUT2D eigenvalue weighted by Gasteiger charge is -2.29. The van der Waals surface area contributed by atoms with Crippen molar-refractivity contribution in [3.8, 4) is 17.2 Å². The lowest BCUT2D eigenvalue weighted by molar-refractivity contribution is -0.134. The second kappa shape index (κ2) is 9.35. The van der Waals surface area contributed by atoms with E-state index in [9.17, 15) is 5.26 Å². The Hall–Kier alpha value is -4.83. The van der Waals surface area contributed by atoms with Crippen LogP contribution in [-0.4, -0.2) is 26.9 Å². The number of rotatable bonds is 3. The Bertz CT molecular complexity index is 1420. The lowest BCUT2D eigenvalue weighted by Crippen LogP contribution is -2.25. The van der Waals surface area contributed by atoms with Gasteiger partial charge in [0.05, 0.1) is 5.56 Å². The Kier molecular flexibility index (Phi) is 6.15. The molecule has 34 heavy (non-hydrogen) atoms. The average molecular weight is 447 g/mol. The minimum atomic E-state index is -0.833. The molecule has 3 N–H and O–H groups in total. The average Bonchev–Trinajstić information content (AvgIpc) is 3.18. The maximum absolute atomic E-state index is 9.24. The zero-order chi connectivity index (χ0) is 24.1. The minimum Gasteiger partial charge on any atom is -0.481 e. The van der Waals surface area contributed by atoms with Crippen LogP contribution in [0.5, 0.6) is 0 Å². The number of hydrogen-bond acceptors (Lipinski definition) is 6. The van der Waals surface area contributed by atoms with Gasteiger partial charge < -0.3 is 10.8 Å². The standard InChI is InChI=1S/C25H17N5.C2H4O2/c26-14-17-12-19(16-29-15-17)18-4-3-5-21(13-18)25(20-8-10-28-11-9-20)23-7-2-1-6-22(23)24(27)30-25;1-2(3)4/h1-13,15-16H,(H2,27,30);1H3,(H,3,4). The first-order valence-corrected chi connectivity index (χ1v) is 10.5. The van der Waals surface area contributed by atoms with Gasteiger partial charge in [-0.1, -0.05) is 42.5 Å². The van der Waals surface area contributed by atoms with Crippen LogP contribution in [0.25, 0.3) is 11.1 Å². The van der Waals surface area contributed by atoms with Gasteiger partial charge >= 0.3 is 0 Å². The number of aliphatic imine (C=N–C) groups is 1. The number of hydrogen-bond donors (Lipinski definition) is 2. The van der Waals surface area contributed by atoms with Crippen LogP contribution in [0.1, 0.15) is 34.7 Å². The van der Waals surface area contributed by atoms with E-state index in [4.69, 9.17) is 20.6 Å². The summed E-state index contributed by atoms with van der Waals surface area (Å²) >= 11 is 0. The van der Waals surface area contributed by atoms with Gasteiger partial charge in [-0.25, -0.2) is 4.99 Å². The molecule has 7 heteroatoms. The van der Waals surface area contributed by atoms with Crippen LogP contribution in [0.2, 0.25) is 0 Å². The molecule has 0 fully saturated rings. The molecule has 1 atom stereocenters. The van der Waals surface area contributed by atoms with Gasteiger partial charge in [-0.15, -0.1) is 0 Å². The number of fused-ring (bicyclic) bond motifs is 1. The van der Waals surface area contributed by atoms with Crippen molar-refractivity contribution < 1.29 is 9.90 Å². The highest BCUT2D eigenvalue weighted by Crippen LogP contribution is 2.46. The molecule has 5 rings (SSSR count). The van der Waals surface area contributed by atoms with Crippen LogP contribution >= 0.6 is 0 Å². The molecule has 1 aliphatic heterocycles. The van der Waals surface area contributed by atoms with E-state index in [1.807, 2.05) is 48.5 Å². The molecule has 1 aliphatic rings. The SMILES string of the molecule is CC(=O)O.N#Cc1cncc(-c2cccc(C3(c4ccncc4)N=C(N)c4ccccc43)c2)c1. The van der Waals surface area contributed by atoms with E-state index in [0.717, 1.165) is 40.3 Å². The van der Waals surface area contributed by atoms with Crippen molar-refractivity contribution in [1.29, 1.82) is 5.26 Å². The summed E-state index contributed by atoms with van der Waals surface area (Å²) in [6, 6.07) is 24.2. The fourth-order valence-electron chi connectivity index (χ4n) is 4.11. The van der Waals surface area contributed by atoms with Gasteiger partial charge in [-0.3, -0.25) is 14.8 Å². The largest absolute Gasteiger partial charge is 0.481 e. The summed E-state index contributed by atoms with van der Waals surface area (Å²) in [4.78, 5) is 22.4. The number of nitrogens with zero attached hydrogens (tertiary/aromatic N) is 4. The second-order valence-corrected chi connectivity index (χ2v) is 7.66. The van der Waals surface area contributed by atoms with Crippen molar-refractivity contribution in [3.05, 3.63) is 119 Å². The zero-order valence-electron chi connectivity index (χ0n) is 18.4. The Morgan fingerprint density at radius 2 is 1.68 bits per heavy atom. The summed E-state index contributed by atoms with van der Waals surface area (Å²) in [5.74, 6) is -0.319. The molecule has 0 radical (unpaired) electrons. The number of carboxylic acids is 1. The van der Waals surface area contributed by atoms with E-state index < -0.39 is 11.5 Å². The van der Waals surface area contributed by atoms with Gasteiger partial charge in [0.25, 0.3) is 5.97 Å². The molecule has 166 valence electrons. The molecular formula is C27H21N5O2. The van der Waals surface area contributed by atoms with E-state index in [1.165, 1.54) is 0 Å². The van der Waals surface area contributed by atoms with E-state index in [-0.39, 0.29) is 0 Å². The molecule has 0 spiro atoms. The predicted octanol–water partition coefficient (Wildman–Crippen LogP) is 4.12. The Morgan fingerprint density at radius 3 is 2.41 bits per heavy atom. The third kappa shape index (κ3) is 4.12. The highest BCUT2D eigenvalue weighted by Gasteiger charge is 2.42. The van der Waals surface area contributed by atoms with Crippen molar-refractivity contribution in [1.82, 2.24) is 9.97 Å². The molecule has 0 amide bonds. The molecule has 0 saturated heterocycles. The summed E-state index contributed by atoms with van der Waals surface area (Å²) in [6.07, 6.45) is 6.87. The molecule has 2 aromatic heterocycles. The minimum absolute atomic E-state index is 0.515. The maximum Gasteiger partial charge on any atom is 0.300 e. The molecule has 3 heterocycles. The smallest absolute Gasteiger partial charge is 0.300 e. The number of pyridine rings is 2. The number of benzene rings is 2. The molecular weight excluding hydrogens is 426 g/mol. The number of nitriles is 1. The van der Waals surface area contributed by atoms with Crippen LogP contribution in [0.4, 0.5) is 0 Å². The van der Waals surface area contributed by atoms with Crippen molar-refractivity contribution in [2.24, 2.45) is 10.7 Å². The van der Waals surface area contributed by atoms with Gasteiger partial charge in [0.1, 0.15) is 17.4 Å². The molecule has 1 unspecified atom stereocenters. The van der Waals surface area contributed by atoms with Crippen LogP contribution < -0.4 is 5.73 Å². The summed E-state index contributed by atoms with van der Waals surface area (Å²) in [6.45, 7) is 1.08. The van der Waals surface area contributed by atoms with Gasteiger partial charge in [0.15, 0.2) is 0 Å². The normalized spacial score (nSPS) is 15.8. The number of carbonyl (C=O) groups is 1. The first-order chi connectivity index (χ1) is 16.5. The lowest BCUT2D eigenvalue weighted by atomic mass is 9.77. The van der Waals surface area contributed by atoms with Crippen molar-refractivity contribution in [2.45, 2.75) is 12.5 Å². The van der Waals surface area contributed by atoms with E-state index in [0.29, 0.717) is 11.4 Å². The van der Waals surface area contributed by atoms with Gasteiger partial charge in [0.2, 0.25) is 0 Å². The fourth-order valence-corrected chi connectivity index (χ4v) is 4.11. The molecule has 0 aliphatic carbocycles. The molecule has 4 aromatic rings. The van der Waals surface area contributed by atoms with Crippen molar-refractivity contribution in [2.75, 3.05) is 0 Å². The third-order valence-electron chi connectivity index (χ3n) is 5.46. The summed E-state index contributed by atoms with van der Waals surface area (Å²) < 4.78 is 0. The van der Waals surface area contributed by atoms with E-state index in [2.05, 4.69) is 34.2 Å². The van der Waals surface area contributed by atoms with E-state index >= 15 is 0 Å². The highest BCUT2D eigenvalue weighted by molar-refractivity contribution is 6.03. The third-order valence-corrected chi connectivity index (χ3v) is 5.46. The zero-order valence-corrected chi connectivity index (χ0v) is 18.4. The second-order valence-electron chi connectivity index (χ2n) is 7.66. The quantitative estimate of drug-likeness (QED) is 0.487. The topological polar surface area (TPSA) is 125 Å². The predicted molar refractivity (Wildman–Crippen MR) is 129 cm³/mol. The van der Waals surface area contributed by atoms with Crippen molar-refractivity contribution in [3.63, 3.8) is 0 Å². The summed E-state index contributed by atoms with van der Waals surface area (Å²) in [5, 5.41) is 16.7. The first-order valence-electron chi connectivity index (χ1n) is 10.5. The van der Waals surface area contributed by atoms with Crippen LogP contribution in [0, 0.1) is 11.3 Å². The van der Waals surface area contributed by atoms with Crippen LogP contribution in [-0.2, 0) is 10.3 Å². The van der Waals surface area contributed by atoms with Crippen molar-refractivity contribution >= 4 is 11.8 Å². The number of aromatic nitrogens is 2. The maximum atomic E-state index is 9.24. The molecule has 2 aromatic carbocycles. The van der Waals surface area contributed by atoms with Gasteiger partial charge in [-0.05, 0) is 46.5 Å². The summed E-state index contributed by atoms with van der Waals surface area (Å²) in [5.41, 5.74) is 11.9. The first kappa shape index (κ1) is 22.4. The Morgan fingerprint density at radius 1 is 0.941 bits per heavy atom. The van der Waals surface area contributed by atoms with Gasteiger partial charge in [0, 0.05) is 42.8 Å². The fraction of sp³-hybridized carbons (Fsp3) is 0.0741. The number of carboxylic acid groups (broad SMARTS) is 1. The number of nitrogens with two attached hydrogens (primary N) is 1. The van der Waals surface area contributed by atoms with Gasteiger partial charge in [-0.2, -0.15) is 5.26 Å². The molecule has 0 bridgehead atoms. The number of aliphatic carboxylic acids is 1. The number of amidine groups is 1. The Balaban J connectivity index is 0.000000636. The Labute approximate surface area is 196 Å². The molecule has 0 saturated carbocycles. The monoisotopic (exact) mass is 447 g/mol. The highest BCUT2D eigenvalue weighted by atomic mass is 16.4.